The van der Waals surface area contributed by atoms with Gasteiger partial charge in [0.25, 0.3) is 0 Å². The first kappa shape index (κ1) is 21.8. The molecule has 2 aromatic rings. The van der Waals surface area contributed by atoms with Crippen LogP contribution in [0.2, 0.25) is 0 Å². The van der Waals surface area contributed by atoms with Crippen molar-refractivity contribution >= 4 is 74.7 Å². The minimum atomic E-state index is -0.501. The average molecular weight is 616 g/mol. The molecule has 3 rings (SSSR count). The summed E-state index contributed by atoms with van der Waals surface area (Å²) in [4.78, 5) is 27.7. The smallest absolute Gasteiger partial charge is 0.363 e. The van der Waals surface area contributed by atoms with Crippen LogP contribution in [0.4, 0.5) is 5.69 Å². The Kier molecular flexibility index (Phi) is 6.93. The van der Waals surface area contributed by atoms with Gasteiger partial charge < -0.3 is 14.8 Å². The van der Waals surface area contributed by atoms with Gasteiger partial charge in [-0.3, -0.25) is 4.79 Å². The van der Waals surface area contributed by atoms with Gasteiger partial charge in [0.2, 0.25) is 11.8 Å². The first-order valence-corrected chi connectivity index (χ1v) is 10.9. The lowest BCUT2D eigenvalue weighted by Gasteiger charge is -2.14. The van der Waals surface area contributed by atoms with Crippen LogP contribution in [-0.4, -0.2) is 23.9 Å². The summed E-state index contributed by atoms with van der Waals surface area (Å²) in [5.74, 6) is 0.417. The Hall–Kier alpha value is -1.95. The molecule has 0 aromatic heterocycles. The van der Waals surface area contributed by atoms with Crippen LogP contribution in [0.3, 0.4) is 0 Å². The second-order valence-corrected chi connectivity index (χ2v) is 8.90. The molecule has 150 valence electrons. The van der Waals surface area contributed by atoms with Crippen LogP contribution in [0.15, 0.2) is 47.1 Å². The SMILES string of the molecule is CC(=O)Nc1ccc(C2=N/C(=C\c3cc(I)c(OC(C)C)c(I)c3)C(=O)O2)cc1. The maximum Gasteiger partial charge on any atom is 0.363 e. The number of rotatable bonds is 5. The van der Waals surface area contributed by atoms with Gasteiger partial charge in [0.05, 0.1) is 13.2 Å². The van der Waals surface area contributed by atoms with Crippen LogP contribution in [0.25, 0.3) is 6.08 Å². The molecule has 2 aromatic carbocycles. The van der Waals surface area contributed by atoms with Gasteiger partial charge in [0.15, 0.2) is 5.70 Å². The maximum atomic E-state index is 12.3. The zero-order chi connectivity index (χ0) is 21.1. The van der Waals surface area contributed by atoms with E-state index in [-0.39, 0.29) is 23.6 Å². The predicted octanol–water partition coefficient (Wildman–Crippen LogP) is 4.99. The lowest BCUT2D eigenvalue weighted by molar-refractivity contribution is -0.129. The number of hydrogen-bond donors (Lipinski definition) is 1. The van der Waals surface area contributed by atoms with Crippen molar-refractivity contribution < 1.29 is 19.1 Å². The van der Waals surface area contributed by atoms with E-state index in [0.29, 0.717) is 11.3 Å². The molecule has 0 spiro atoms. The predicted molar refractivity (Wildman–Crippen MR) is 129 cm³/mol. The molecule has 1 amide bonds. The number of esters is 1. The summed E-state index contributed by atoms with van der Waals surface area (Å²) in [6.07, 6.45) is 1.78. The van der Waals surface area contributed by atoms with Gasteiger partial charge in [0, 0.05) is 18.2 Å². The number of carbonyl (C=O) groups excluding carboxylic acids is 2. The molecular weight excluding hydrogens is 598 g/mol. The zero-order valence-electron chi connectivity index (χ0n) is 16.0. The summed E-state index contributed by atoms with van der Waals surface area (Å²) in [5, 5.41) is 2.69. The van der Waals surface area contributed by atoms with Gasteiger partial charge in [-0.25, -0.2) is 9.79 Å². The van der Waals surface area contributed by atoms with E-state index in [0.717, 1.165) is 18.5 Å². The largest absolute Gasteiger partial charge is 0.489 e. The molecule has 0 bridgehead atoms. The minimum Gasteiger partial charge on any atom is -0.489 e. The first-order valence-electron chi connectivity index (χ1n) is 8.79. The van der Waals surface area contributed by atoms with Crippen molar-refractivity contribution in [1.29, 1.82) is 0 Å². The number of nitrogens with one attached hydrogen (secondary N) is 1. The second-order valence-electron chi connectivity index (χ2n) is 6.57. The summed E-state index contributed by atoms with van der Waals surface area (Å²) >= 11 is 4.44. The van der Waals surface area contributed by atoms with Gasteiger partial charge in [-0.2, -0.15) is 0 Å². The number of amides is 1. The normalized spacial score (nSPS) is 14.8. The van der Waals surface area contributed by atoms with Crippen LogP contribution in [0.5, 0.6) is 5.75 Å². The Bertz CT molecular complexity index is 1000. The molecule has 0 unspecified atom stereocenters. The highest BCUT2D eigenvalue weighted by molar-refractivity contribution is 14.1. The summed E-state index contributed by atoms with van der Waals surface area (Å²) in [6.45, 7) is 5.41. The number of aliphatic imine (C=N–C) groups is 1. The first-order chi connectivity index (χ1) is 13.7. The maximum absolute atomic E-state index is 12.3. The molecule has 0 atom stereocenters. The Morgan fingerprint density at radius 3 is 2.34 bits per heavy atom. The second kappa shape index (κ2) is 9.24. The number of hydrogen-bond acceptors (Lipinski definition) is 5. The van der Waals surface area contributed by atoms with E-state index in [4.69, 9.17) is 9.47 Å². The van der Waals surface area contributed by atoms with Crippen molar-refractivity contribution in [3.05, 3.63) is 60.4 Å². The highest BCUT2D eigenvalue weighted by atomic mass is 127. The fraction of sp³-hybridized carbons (Fsp3) is 0.190. The molecule has 0 aliphatic carbocycles. The standard InChI is InChI=1S/C21H18I2N2O4/c1-11(2)28-19-16(22)8-13(9-17(19)23)10-18-21(27)29-20(25-18)14-4-6-15(7-5-14)24-12(3)26/h4-11H,1-3H3,(H,24,26)/b18-10-. The van der Waals surface area contributed by atoms with Crippen LogP contribution in [0.1, 0.15) is 31.9 Å². The quantitative estimate of drug-likeness (QED) is 0.292. The molecule has 0 fully saturated rings. The highest BCUT2D eigenvalue weighted by Crippen LogP contribution is 2.31. The number of carbonyl (C=O) groups is 2. The third-order valence-electron chi connectivity index (χ3n) is 3.75. The molecule has 6 nitrogen and oxygen atoms in total. The molecule has 1 N–H and O–H groups in total. The van der Waals surface area contributed by atoms with E-state index < -0.39 is 5.97 Å². The summed E-state index contributed by atoms with van der Waals surface area (Å²) in [6, 6.07) is 10.8. The number of halogens is 2. The van der Waals surface area contributed by atoms with Gasteiger partial charge in [0.1, 0.15) is 5.75 Å². The van der Waals surface area contributed by atoms with Crippen molar-refractivity contribution in [2.24, 2.45) is 4.99 Å². The fourth-order valence-corrected chi connectivity index (χ4v) is 4.67. The van der Waals surface area contributed by atoms with E-state index in [1.54, 1.807) is 30.3 Å². The lowest BCUT2D eigenvalue weighted by Crippen LogP contribution is -2.08. The number of ether oxygens (including phenoxy) is 2. The van der Waals surface area contributed by atoms with Gasteiger partial charge in [-0.15, -0.1) is 0 Å². The van der Waals surface area contributed by atoms with E-state index in [2.05, 4.69) is 55.5 Å². The molecule has 1 heterocycles. The molecular formula is C21H18I2N2O4. The molecule has 8 heteroatoms. The molecule has 29 heavy (non-hydrogen) atoms. The summed E-state index contributed by atoms with van der Waals surface area (Å²) in [7, 11) is 0. The van der Waals surface area contributed by atoms with E-state index in [1.807, 2.05) is 26.0 Å². The average Bonchev–Trinajstić information content (AvgIpc) is 2.99. The summed E-state index contributed by atoms with van der Waals surface area (Å²) in [5.41, 5.74) is 2.39. The summed E-state index contributed by atoms with van der Waals surface area (Å²) < 4.78 is 13.1. The Labute approximate surface area is 196 Å². The molecule has 1 aliphatic heterocycles. The lowest BCUT2D eigenvalue weighted by atomic mass is 10.2. The monoisotopic (exact) mass is 616 g/mol. The van der Waals surface area contributed by atoms with E-state index in [9.17, 15) is 9.59 Å². The van der Waals surface area contributed by atoms with Gasteiger partial charge in [-0.1, -0.05) is 0 Å². The topological polar surface area (TPSA) is 77.0 Å². The Morgan fingerprint density at radius 2 is 1.79 bits per heavy atom. The number of anilines is 1. The van der Waals surface area contributed by atoms with Crippen LogP contribution >= 0.6 is 45.2 Å². The van der Waals surface area contributed by atoms with E-state index in [1.165, 1.54) is 6.92 Å². The third-order valence-corrected chi connectivity index (χ3v) is 5.35. The van der Waals surface area contributed by atoms with Gasteiger partial charge >= 0.3 is 5.97 Å². The fourth-order valence-electron chi connectivity index (χ4n) is 2.60. The van der Waals surface area contributed by atoms with Crippen molar-refractivity contribution in [2.75, 3.05) is 5.32 Å². The Morgan fingerprint density at radius 1 is 1.17 bits per heavy atom. The zero-order valence-corrected chi connectivity index (χ0v) is 20.3. The molecule has 1 aliphatic rings. The van der Waals surface area contributed by atoms with Crippen LogP contribution < -0.4 is 10.1 Å². The number of nitrogens with zero attached hydrogens (tertiary/aromatic N) is 1. The third kappa shape index (κ3) is 5.56. The van der Waals surface area contributed by atoms with Crippen molar-refractivity contribution in [1.82, 2.24) is 0 Å². The van der Waals surface area contributed by atoms with Crippen LogP contribution in [0, 0.1) is 7.14 Å². The Balaban J connectivity index is 1.86. The minimum absolute atomic E-state index is 0.0789. The van der Waals surface area contributed by atoms with E-state index >= 15 is 0 Å². The van der Waals surface area contributed by atoms with Crippen molar-refractivity contribution in [2.45, 2.75) is 26.9 Å². The van der Waals surface area contributed by atoms with Gasteiger partial charge in [-0.05, 0) is 107 Å². The molecule has 0 saturated heterocycles. The molecule has 0 radical (unpaired) electrons. The molecule has 0 saturated carbocycles. The number of benzene rings is 2. The number of cyclic esters (lactones) is 1. The van der Waals surface area contributed by atoms with Crippen molar-refractivity contribution in [3.63, 3.8) is 0 Å². The highest BCUT2D eigenvalue weighted by Gasteiger charge is 2.24. The van der Waals surface area contributed by atoms with Crippen LogP contribution in [-0.2, 0) is 14.3 Å². The van der Waals surface area contributed by atoms with Crippen molar-refractivity contribution in [3.8, 4) is 5.75 Å².